The van der Waals surface area contributed by atoms with Crippen LogP contribution in [0.2, 0.25) is 0 Å². The molecule has 19 heavy (non-hydrogen) atoms. The molecule has 1 unspecified atom stereocenters. The smallest absolute Gasteiger partial charge is 0.238 e. The highest BCUT2D eigenvalue weighted by Crippen LogP contribution is 2.18. The van der Waals surface area contributed by atoms with Crippen molar-refractivity contribution in [3.8, 4) is 5.75 Å². The Hall–Kier alpha value is -1.07. The van der Waals surface area contributed by atoms with Crippen LogP contribution >= 0.6 is 15.9 Å². The summed E-state index contributed by atoms with van der Waals surface area (Å²) in [6, 6.07) is 7.29. The van der Waals surface area contributed by atoms with Crippen LogP contribution in [0.4, 0.5) is 5.69 Å². The molecule has 1 N–H and O–H groups in total. The van der Waals surface area contributed by atoms with Gasteiger partial charge in [-0.3, -0.25) is 4.79 Å². The third-order valence-electron chi connectivity index (χ3n) is 2.51. The Bertz CT molecular complexity index is 392. The molecule has 1 rings (SSSR count). The molecule has 0 fully saturated rings. The van der Waals surface area contributed by atoms with E-state index in [0.717, 1.165) is 11.4 Å². The van der Waals surface area contributed by atoms with Crippen LogP contribution in [0.15, 0.2) is 24.3 Å². The lowest BCUT2D eigenvalue weighted by Crippen LogP contribution is -2.26. The number of halogens is 1. The Morgan fingerprint density at radius 1 is 1.26 bits per heavy atom. The number of methoxy groups -OCH3 is 1. The summed E-state index contributed by atoms with van der Waals surface area (Å²) in [6.45, 7) is 5.05. The van der Waals surface area contributed by atoms with E-state index in [1.54, 1.807) is 7.11 Å². The van der Waals surface area contributed by atoms with Crippen LogP contribution < -0.4 is 10.1 Å². The first-order valence-corrected chi connectivity index (χ1v) is 7.13. The van der Waals surface area contributed by atoms with Crippen molar-refractivity contribution in [1.82, 2.24) is 0 Å². The minimum Gasteiger partial charge on any atom is -0.491 e. The highest BCUT2D eigenvalue weighted by Gasteiger charge is 2.18. The van der Waals surface area contributed by atoms with Crippen molar-refractivity contribution < 1.29 is 14.3 Å². The number of nitrogens with one attached hydrogen (secondary N) is 1. The van der Waals surface area contributed by atoms with Gasteiger partial charge in [-0.15, -0.1) is 0 Å². The first kappa shape index (κ1) is 16.0. The van der Waals surface area contributed by atoms with Crippen molar-refractivity contribution >= 4 is 27.5 Å². The predicted octanol–water partition coefficient (Wildman–Crippen LogP) is 3.07. The summed E-state index contributed by atoms with van der Waals surface area (Å²) in [5, 5.41) is 2.85. The molecular formula is C14H20BrNO3. The Labute approximate surface area is 122 Å². The average molecular weight is 330 g/mol. The minimum atomic E-state index is -0.190. The number of hydrogen-bond acceptors (Lipinski definition) is 3. The standard InChI is InChI=1S/C14H20BrNO3/c1-10(2)13(15)14(17)16-11-4-6-12(7-5-11)19-9-8-18-3/h4-7,10,13H,8-9H2,1-3H3,(H,16,17). The topological polar surface area (TPSA) is 47.6 Å². The number of carbonyl (C=O) groups is 1. The molecule has 4 nitrogen and oxygen atoms in total. The summed E-state index contributed by atoms with van der Waals surface area (Å²) in [5.41, 5.74) is 0.759. The van der Waals surface area contributed by atoms with Crippen LogP contribution in [0.3, 0.4) is 0 Å². The van der Waals surface area contributed by atoms with Gasteiger partial charge in [-0.05, 0) is 30.2 Å². The van der Waals surface area contributed by atoms with E-state index in [0.29, 0.717) is 13.2 Å². The average Bonchev–Trinajstić information content (AvgIpc) is 2.40. The predicted molar refractivity (Wildman–Crippen MR) is 80.0 cm³/mol. The van der Waals surface area contributed by atoms with E-state index < -0.39 is 0 Å². The molecule has 1 aromatic carbocycles. The van der Waals surface area contributed by atoms with Crippen molar-refractivity contribution in [3.63, 3.8) is 0 Å². The molecule has 0 aliphatic heterocycles. The van der Waals surface area contributed by atoms with Crippen molar-refractivity contribution in [2.24, 2.45) is 5.92 Å². The second-order valence-corrected chi connectivity index (χ2v) is 5.49. The van der Waals surface area contributed by atoms with E-state index in [2.05, 4.69) is 21.2 Å². The van der Waals surface area contributed by atoms with Crippen LogP contribution in [0.1, 0.15) is 13.8 Å². The van der Waals surface area contributed by atoms with Crippen molar-refractivity contribution in [2.75, 3.05) is 25.6 Å². The molecule has 0 saturated carbocycles. The van der Waals surface area contributed by atoms with Crippen LogP contribution in [-0.2, 0) is 9.53 Å². The lowest BCUT2D eigenvalue weighted by Gasteiger charge is -2.14. The second-order valence-electron chi connectivity index (χ2n) is 4.50. The lowest BCUT2D eigenvalue weighted by atomic mass is 10.1. The third kappa shape index (κ3) is 5.61. The van der Waals surface area contributed by atoms with E-state index in [1.807, 2.05) is 38.1 Å². The summed E-state index contributed by atoms with van der Waals surface area (Å²) in [5.74, 6) is 0.967. The number of anilines is 1. The van der Waals surface area contributed by atoms with E-state index in [-0.39, 0.29) is 16.7 Å². The van der Waals surface area contributed by atoms with Gasteiger partial charge in [-0.2, -0.15) is 0 Å². The Morgan fingerprint density at radius 2 is 1.89 bits per heavy atom. The molecule has 0 aliphatic rings. The molecule has 0 aliphatic carbocycles. The highest BCUT2D eigenvalue weighted by atomic mass is 79.9. The van der Waals surface area contributed by atoms with E-state index in [1.165, 1.54) is 0 Å². The van der Waals surface area contributed by atoms with Gasteiger partial charge in [0.05, 0.1) is 11.4 Å². The van der Waals surface area contributed by atoms with Crippen molar-refractivity contribution in [2.45, 2.75) is 18.7 Å². The number of hydrogen-bond donors (Lipinski definition) is 1. The van der Waals surface area contributed by atoms with Crippen molar-refractivity contribution in [3.05, 3.63) is 24.3 Å². The van der Waals surface area contributed by atoms with E-state index >= 15 is 0 Å². The van der Waals surface area contributed by atoms with Gasteiger partial charge in [-0.1, -0.05) is 29.8 Å². The van der Waals surface area contributed by atoms with Crippen LogP contribution in [0.5, 0.6) is 5.75 Å². The SMILES string of the molecule is COCCOc1ccc(NC(=O)C(Br)C(C)C)cc1. The fourth-order valence-electron chi connectivity index (χ4n) is 1.39. The summed E-state index contributed by atoms with van der Waals surface area (Å²) in [7, 11) is 1.63. The van der Waals surface area contributed by atoms with Gasteiger partial charge in [0.2, 0.25) is 5.91 Å². The maximum Gasteiger partial charge on any atom is 0.238 e. The molecule has 0 spiro atoms. The molecule has 5 heteroatoms. The zero-order valence-corrected chi connectivity index (χ0v) is 13.1. The number of benzene rings is 1. The number of amides is 1. The number of carbonyl (C=O) groups excluding carboxylic acids is 1. The molecule has 106 valence electrons. The van der Waals surface area contributed by atoms with Gasteiger partial charge < -0.3 is 14.8 Å². The summed E-state index contributed by atoms with van der Waals surface area (Å²) in [4.78, 5) is 11.7. The fraction of sp³-hybridized carbons (Fsp3) is 0.500. The molecular weight excluding hydrogens is 310 g/mol. The zero-order valence-electron chi connectivity index (χ0n) is 11.5. The fourth-order valence-corrected chi connectivity index (χ4v) is 1.51. The Kier molecular flexibility index (Phi) is 6.87. The van der Waals surface area contributed by atoms with E-state index in [9.17, 15) is 4.79 Å². The number of rotatable bonds is 7. The lowest BCUT2D eigenvalue weighted by molar-refractivity contribution is -0.116. The third-order valence-corrected chi connectivity index (χ3v) is 3.99. The monoisotopic (exact) mass is 329 g/mol. The Morgan fingerprint density at radius 3 is 2.42 bits per heavy atom. The molecule has 1 atom stereocenters. The van der Waals surface area contributed by atoms with Gasteiger partial charge in [0.15, 0.2) is 0 Å². The first-order chi connectivity index (χ1) is 9.04. The van der Waals surface area contributed by atoms with Gasteiger partial charge in [0, 0.05) is 12.8 Å². The first-order valence-electron chi connectivity index (χ1n) is 6.21. The van der Waals surface area contributed by atoms with Gasteiger partial charge in [-0.25, -0.2) is 0 Å². The van der Waals surface area contributed by atoms with Gasteiger partial charge >= 0.3 is 0 Å². The molecule has 0 radical (unpaired) electrons. The molecule has 0 heterocycles. The molecule has 0 saturated heterocycles. The zero-order chi connectivity index (χ0) is 14.3. The summed E-state index contributed by atoms with van der Waals surface area (Å²) in [6.07, 6.45) is 0. The summed E-state index contributed by atoms with van der Waals surface area (Å²) < 4.78 is 10.3. The molecule has 1 aromatic rings. The quantitative estimate of drug-likeness (QED) is 0.617. The minimum absolute atomic E-state index is 0.0388. The maximum absolute atomic E-state index is 11.8. The Balaban J connectivity index is 2.50. The second kappa shape index (κ2) is 8.17. The molecule has 0 aromatic heterocycles. The van der Waals surface area contributed by atoms with Crippen molar-refractivity contribution in [1.29, 1.82) is 0 Å². The largest absolute Gasteiger partial charge is 0.491 e. The number of alkyl halides is 1. The maximum atomic E-state index is 11.8. The van der Waals surface area contributed by atoms with Crippen LogP contribution in [0.25, 0.3) is 0 Å². The molecule has 1 amide bonds. The normalized spacial score (nSPS) is 12.3. The summed E-state index contributed by atoms with van der Waals surface area (Å²) >= 11 is 3.37. The van der Waals surface area contributed by atoms with E-state index in [4.69, 9.17) is 9.47 Å². The molecule has 0 bridgehead atoms. The highest BCUT2D eigenvalue weighted by molar-refractivity contribution is 9.10. The van der Waals surface area contributed by atoms with Crippen LogP contribution in [0, 0.1) is 5.92 Å². The number of ether oxygens (including phenoxy) is 2. The van der Waals surface area contributed by atoms with Gasteiger partial charge in [0.25, 0.3) is 0 Å². The van der Waals surface area contributed by atoms with Gasteiger partial charge in [0.1, 0.15) is 12.4 Å². The van der Waals surface area contributed by atoms with Crippen LogP contribution in [-0.4, -0.2) is 31.1 Å².